The Balaban J connectivity index is 1.64. The minimum Gasteiger partial charge on any atom is -0.478 e. The number of carbonyl (C=O) groups is 1. The molecule has 0 spiro atoms. The number of aromatic nitrogens is 5. The van der Waals surface area contributed by atoms with Gasteiger partial charge in [-0.15, -0.1) is 0 Å². The molecule has 0 radical (unpaired) electrons. The molecule has 1 aliphatic heterocycles. The van der Waals surface area contributed by atoms with Crippen molar-refractivity contribution in [3.63, 3.8) is 0 Å². The molecular weight excluding hydrogens is 320 g/mol. The molecule has 8 nitrogen and oxygen atoms in total. The van der Waals surface area contributed by atoms with Crippen LogP contribution < -0.4 is 4.90 Å². The number of fused-ring (bicyclic) bond motifs is 1. The lowest BCUT2D eigenvalue weighted by atomic mass is 10.2. The number of hydrogen-bond donors (Lipinski definition) is 1. The van der Waals surface area contributed by atoms with Crippen molar-refractivity contribution in [3.8, 4) is 11.4 Å². The lowest BCUT2D eigenvalue weighted by molar-refractivity contribution is 0.0697. The fourth-order valence-corrected chi connectivity index (χ4v) is 2.93. The molecule has 0 atom stereocenters. The zero-order valence-corrected chi connectivity index (χ0v) is 13.6. The molecule has 0 saturated heterocycles. The Bertz CT molecular complexity index is 952. The van der Waals surface area contributed by atoms with Crippen LogP contribution >= 0.6 is 0 Å². The molecule has 25 heavy (non-hydrogen) atoms. The van der Waals surface area contributed by atoms with Gasteiger partial charge in [-0.3, -0.25) is 9.67 Å². The van der Waals surface area contributed by atoms with E-state index in [0.717, 1.165) is 24.5 Å². The maximum Gasteiger partial charge on any atom is 0.335 e. The predicted octanol–water partition coefficient (Wildman–Crippen LogP) is 1.76. The number of carboxylic acid groups (broad SMARTS) is 1. The zero-order valence-electron chi connectivity index (χ0n) is 13.6. The summed E-state index contributed by atoms with van der Waals surface area (Å²) in [6.45, 7) is 4.21. The lowest BCUT2D eigenvalue weighted by Crippen LogP contribution is -2.35. The summed E-state index contributed by atoms with van der Waals surface area (Å²) in [5.74, 6) is -0.386. The topological polar surface area (TPSA) is 97.0 Å². The van der Waals surface area contributed by atoms with Gasteiger partial charge in [0.2, 0.25) is 5.95 Å². The summed E-state index contributed by atoms with van der Waals surface area (Å²) in [6.07, 6.45) is 3.15. The van der Waals surface area contributed by atoms with Gasteiger partial charge in [0.15, 0.2) is 0 Å². The third-order valence-electron chi connectivity index (χ3n) is 4.12. The quantitative estimate of drug-likeness (QED) is 0.778. The smallest absolute Gasteiger partial charge is 0.335 e. The van der Waals surface area contributed by atoms with Crippen LogP contribution in [0.5, 0.6) is 0 Å². The van der Waals surface area contributed by atoms with Gasteiger partial charge in [0.1, 0.15) is 0 Å². The highest BCUT2D eigenvalue weighted by atomic mass is 16.4. The van der Waals surface area contributed by atoms with Gasteiger partial charge in [-0.1, -0.05) is 0 Å². The van der Waals surface area contributed by atoms with E-state index in [4.69, 9.17) is 5.11 Å². The van der Waals surface area contributed by atoms with Crippen molar-refractivity contribution in [2.24, 2.45) is 0 Å². The van der Waals surface area contributed by atoms with Crippen molar-refractivity contribution in [2.45, 2.75) is 20.0 Å². The lowest BCUT2D eigenvalue weighted by Gasteiger charge is -2.27. The van der Waals surface area contributed by atoms with E-state index >= 15 is 0 Å². The van der Waals surface area contributed by atoms with Crippen molar-refractivity contribution in [2.75, 3.05) is 11.4 Å². The molecule has 126 valence electrons. The van der Waals surface area contributed by atoms with E-state index < -0.39 is 5.97 Å². The summed E-state index contributed by atoms with van der Waals surface area (Å²) < 4.78 is 2.01. The van der Waals surface area contributed by atoms with Crippen molar-refractivity contribution in [3.05, 3.63) is 53.6 Å². The molecule has 8 heteroatoms. The number of hydrogen-bond acceptors (Lipinski definition) is 6. The Kier molecular flexibility index (Phi) is 3.64. The molecule has 4 heterocycles. The fourth-order valence-electron chi connectivity index (χ4n) is 2.93. The normalized spacial score (nSPS) is 13.6. The highest BCUT2D eigenvalue weighted by Crippen LogP contribution is 2.21. The van der Waals surface area contributed by atoms with Crippen LogP contribution in [0.15, 0.2) is 36.7 Å². The van der Waals surface area contributed by atoms with Crippen molar-refractivity contribution < 1.29 is 9.90 Å². The van der Waals surface area contributed by atoms with Crippen LogP contribution in [-0.2, 0) is 13.1 Å². The van der Waals surface area contributed by atoms with Gasteiger partial charge in [-0.25, -0.2) is 14.8 Å². The molecule has 0 aliphatic carbocycles. The zero-order chi connectivity index (χ0) is 17.4. The molecule has 3 aromatic rings. The van der Waals surface area contributed by atoms with Crippen LogP contribution in [0.2, 0.25) is 0 Å². The monoisotopic (exact) mass is 336 g/mol. The van der Waals surface area contributed by atoms with Crippen molar-refractivity contribution in [1.82, 2.24) is 24.7 Å². The first-order valence-corrected chi connectivity index (χ1v) is 7.91. The molecule has 0 saturated carbocycles. The Morgan fingerprint density at radius 3 is 2.80 bits per heavy atom. The molecule has 4 rings (SSSR count). The SMILES string of the molecule is Cc1cc2n(n1)CCN(c1nccc(-c3cc(C(=O)O)ccn3)n1)C2. The number of rotatable bonds is 3. The van der Waals surface area contributed by atoms with Gasteiger partial charge in [0, 0.05) is 18.9 Å². The van der Waals surface area contributed by atoms with Gasteiger partial charge in [0.25, 0.3) is 0 Å². The van der Waals surface area contributed by atoms with Crippen LogP contribution in [0.1, 0.15) is 21.7 Å². The van der Waals surface area contributed by atoms with Gasteiger partial charge in [-0.05, 0) is 31.2 Å². The minimum atomic E-state index is -0.988. The van der Waals surface area contributed by atoms with E-state index in [1.54, 1.807) is 12.3 Å². The van der Waals surface area contributed by atoms with E-state index in [-0.39, 0.29) is 5.56 Å². The summed E-state index contributed by atoms with van der Waals surface area (Å²) in [5.41, 5.74) is 3.43. The van der Waals surface area contributed by atoms with Crippen LogP contribution in [0.3, 0.4) is 0 Å². The Labute approximate surface area is 143 Å². The Hall–Kier alpha value is -3.29. The van der Waals surface area contributed by atoms with Crippen molar-refractivity contribution >= 4 is 11.9 Å². The number of aryl methyl sites for hydroxylation is 1. The van der Waals surface area contributed by atoms with E-state index in [9.17, 15) is 4.79 Å². The maximum absolute atomic E-state index is 11.1. The highest BCUT2D eigenvalue weighted by molar-refractivity contribution is 5.88. The fraction of sp³-hybridized carbons (Fsp3) is 0.235. The first-order chi connectivity index (χ1) is 12.1. The summed E-state index contributed by atoms with van der Waals surface area (Å²) in [7, 11) is 0. The molecule has 0 bridgehead atoms. The molecule has 0 unspecified atom stereocenters. The van der Waals surface area contributed by atoms with Crippen LogP contribution in [0.25, 0.3) is 11.4 Å². The first-order valence-electron chi connectivity index (χ1n) is 7.91. The molecular formula is C17H16N6O2. The summed E-state index contributed by atoms with van der Waals surface area (Å²) in [4.78, 5) is 26.4. The summed E-state index contributed by atoms with van der Waals surface area (Å²) in [6, 6.07) is 6.77. The molecule has 1 N–H and O–H groups in total. The van der Waals surface area contributed by atoms with E-state index in [1.165, 1.54) is 18.3 Å². The second-order valence-electron chi connectivity index (χ2n) is 5.90. The number of anilines is 1. The molecule has 0 amide bonds. The number of carboxylic acids is 1. The molecule has 3 aromatic heterocycles. The maximum atomic E-state index is 11.1. The minimum absolute atomic E-state index is 0.183. The third-order valence-corrected chi connectivity index (χ3v) is 4.12. The Morgan fingerprint density at radius 2 is 1.96 bits per heavy atom. The molecule has 0 fully saturated rings. The number of pyridine rings is 1. The standard InChI is InChI=1S/C17H16N6O2/c1-11-8-13-10-22(6-7-23(13)21-11)17-19-5-3-14(20-17)15-9-12(16(24)25)2-4-18-15/h2-5,8-9H,6-7,10H2,1H3,(H,24,25). The number of aromatic carboxylic acids is 1. The van der Waals surface area contributed by atoms with E-state index in [1.807, 2.05) is 11.6 Å². The van der Waals surface area contributed by atoms with Gasteiger partial charge < -0.3 is 10.0 Å². The highest BCUT2D eigenvalue weighted by Gasteiger charge is 2.20. The summed E-state index contributed by atoms with van der Waals surface area (Å²) in [5, 5.41) is 13.6. The second-order valence-corrected chi connectivity index (χ2v) is 5.90. The van der Waals surface area contributed by atoms with Crippen LogP contribution in [-0.4, -0.2) is 42.4 Å². The predicted molar refractivity (Wildman–Crippen MR) is 90.2 cm³/mol. The molecule has 0 aromatic carbocycles. The first kappa shape index (κ1) is 15.3. The average molecular weight is 336 g/mol. The molecule has 1 aliphatic rings. The largest absolute Gasteiger partial charge is 0.478 e. The third kappa shape index (κ3) is 2.93. The van der Waals surface area contributed by atoms with E-state index in [0.29, 0.717) is 23.9 Å². The number of nitrogens with zero attached hydrogens (tertiary/aromatic N) is 6. The van der Waals surface area contributed by atoms with Gasteiger partial charge >= 0.3 is 5.97 Å². The van der Waals surface area contributed by atoms with Crippen LogP contribution in [0, 0.1) is 6.92 Å². The Morgan fingerprint density at radius 1 is 1.12 bits per heavy atom. The average Bonchev–Trinajstić information content (AvgIpc) is 3.01. The van der Waals surface area contributed by atoms with Crippen molar-refractivity contribution in [1.29, 1.82) is 0 Å². The van der Waals surface area contributed by atoms with Gasteiger partial charge in [-0.2, -0.15) is 5.10 Å². The van der Waals surface area contributed by atoms with E-state index in [2.05, 4.69) is 31.0 Å². The van der Waals surface area contributed by atoms with Crippen LogP contribution in [0.4, 0.5) is 5.95 Å². The summed E-state index contributed by atoms with van der Waals surface area (Å²) >= 11 is 0. The van der Waals surface area contributed by atoms with Gasteiger partial charge in [0.05, 0.1) is 41.4 Å². The second kappa shape index (κ2) is 5.97.